The zero-order chi connectivity index (χ0) is 25.7. The molecule has 4 aromatic carbocycles. The Labute approximate surface area is 205 Å². The topological polar surface area (TPSA) is 131 Å². The Morgan fingerprint density at radius 3 is 1.86 bits per heavy atom. The van der Waals surface area contributed by atoms with Crippen LogP contribution in [0.5, 0.6) is 28.7 Å². The van der Waals surface area contributed by atoms with E-state index >= 15 is 0 Å². The number of aromatic hydroxyl groups is 5. The SMILES string of the molecule is O=c1cc(-c2ccccc2)oc2cc(O)cc(O)c12.Oc1ccc(/C=C/c2cc(O)cc(O)c2)cc1. The van der Waals surface area contributed by atoms with Gasteiger partial charge in [0.15, 0.2) is 5.43 Å². The number of hydrogen-bond acceptors (Lipinski definition) is 7. The van der Waals surface area contributed by atoms with E-state index in [2.05, 4.69) is 0 Å². The highest BCUT2D eigenvalue weighted by molar-refractivity contribution is 5.86. The highest BCUT2D eigenvalue weighted by Crippen LogP contribution is 2.30. The predicted octanol–water partition coefficient (Wildman–Crippen LogP) is 5.85. The second kappa shape index (κ2) is 10.4. The van der Waals surface area contributed by atoms with Crippen LogP contribution in [0.3, 0.4) is 0 Å². The Hall–Kier alpha value is -5.17. The van der Waals surface area contributed by atoms with E-state index in [4.69, 9.17) is 9.52 Å². The monoisotopic (exact) mass is 482 g/mol. The molecule has 0 atom stereocenters. The molecule has 0 saturated heterocycles. The lowest BCUT2D eigenvalue weighted by molar-refractivity contribution is 0.450. The molecular weight excluding hydrogens is 460 g/mol. The summed E-state index contributed by atoms with van der Waals surface area (Å²) in [4.78, 5) is 12.0. The second-order valence-corrected chi connectivity index (χ2v) is 7.89. The van der Waals surface area contributed by atoms with Crippen molar-refractivity contribution in [2.24, 2.45) is 0 Å². The van der Waals surface area contributed by atoms with Crippen LogP contribution >= 0.6 is 0 Å². The Kier molecular flexibility index (Phi) is 6.92. The van der Waals surface area contributed by atoms with E-state index in [1.165, 1.54) is 18.2 Å². The molecule has 0 fully saturated rings. The summed E-state index contributed by atoms with van der Waals surface area (Å²) < 4.78 is 5.57. The van der Waals surface area contributed by atoms with Gasteiger partial charge in [-0.2, -0.15) is 0 Å². The minimum Gasteiger partial charge on any atom is -0.508 e. The second-order valence-electron chi connectivity index (χ2n) is 7.89. The Bertz CT molecular complexity index is 1560. The van der Waals surface area contributed by atoms with Crippen molar-refractivity contribution in [3.8, 4) is 40.1 Å². The Balaban J connectivity index is 0.000000170. The van der Waals surface area contributed by atoms with E-state index in [9.17, 15) is 25.2 Å². The van der Waals surface area contributed by atoms with Gasteiger partial charge >= 0.3 is 0 Å². The molecule has 0 saturated carbocycles. The van der Waals surface area contributed by atoms with Crippen molar-refractivity contribution in [3.63, 3.8) is 0 Å². The third kappa shape index (κ3) is 5.84. The van der Waals surface area contributed by atoms with Crippen molar-refractivity contribution >= 4 is 23.1 Å². The fraction of sp³-hybridized carbons (Fsp3) is 0. The summed E-state index contributed by atoms with van der Waals surface area (Å²) in [6.45, 7) is 0. The van der Waals surface area contributed by atoms with Gasteiger partial charge in [0.2, 0.25) is 0 Å². The minimum atomic E-state index is -0.349. The molecule has 7 nitrogen and oxygen atoms in total. The smallest absolute Gasteiger partial charge is 0.197 e. The van der Waals surface area contributed by atoms with Crippen molar-refractivity contribution in [1.29, 1.82) is 0 Å². The van der Waals surface area contributed by atoms with Gasteiger partial charge in [0.25, 0.3) is 0 Å². The molecule has 1 aromatic heterocycles. The van der Waals surface area contributed by atoms with Crippen LogP contribution in [0.25, 0.3) is 34.4 Å². The van der Waals surface area contributed by atoms with Crippen molar-refractivity contribution in [1.82, 2.24) is 0 Å². The largest absolute Gasteiger partial charge is 0.508 e. The van der Waals surface area contributed by atoms with Crippen LogP contribution in [0.2, 0.25) is 0 Å². The average molecular weight is 482 g/mol. The molecule has 0 aliphatic carbocycles. The highest BCUT2D eigenvalue weighted by Gasteiger charge is 2.11. The van der Waals surface area contributed by atoms with Crippen LogP contribution in [0.15, 0.2) is 100 Å². The van der Waals surface area contributed by atoms with Gasteiger partial charge in [0.05, 0.1) is 0 Å². The first-order chi connectivity index (χ1) is 17.3. The zero-order valence-electron chi connectivity index (χ0n) is 18.9. The average Bonchev–Trinajstić information content (AvgIpc) is 2.83. The summed E-state index contributed by atoms with van der Waals surface area (Å²) in [5, 5.41) is 46.9. The summed E-state index contributed by atoms with van der Waals surface area (Å²) in [6, 6.07) is 24.0. The van der Waals surface area contributed by atoms with E-state index < -0.39 is 0 Å². The molecule has 5 rings (SSSR count). The molecule has 0 spiro atoms. The van der Waals surface area contributed by atoms with Crippen LogP contribution in [-0.4, -0.2) is 25.5 Å². The molecule has 0 bridgehead atoms. The first-order valence-electron chi connectivity index (χ1n) is 10.8. The molecule has 5 N–H and O–H groups in total. The lowest BCUT2D eigenvalue weighted by Gasteiger charge is -2.04. The number of fused-ring (bicyclic) bond motifs is 1. The quantitative estimate of drug-likeness (QED) is 0.204. The van der Waals surface area contributed by atoms with Crippen LogP contribution in [0, 0.1) is 0 Å². The highest BCUT2D eigenvalue weighted by atomic mass is 16.3. The van der Waals surface area contributed by atoms with Gasteiger partial charge in [-0.3, -0.25) is 4.79 Å². The van der Waals surface area contributed by atoms with Gasteiger partial charge in [-0.25, -0.2) is 0 Å². The van der Waals surface area contributed by atoms with Gasteiger partial charge in [0.1, 0.15) is 45.5 Å². The van der Waals surface area contributed by atoms with Crippen LogP contribution in [0.1, 0.15) is 11.1 Å². The maximum atomic E-state index is 12.0. The fourth-order valence-electron chi connectivity index (χ4n) is 3.49. The van der Waals surface area contributed by atoms with Crippen molar-refractivity contribution in [2.45, 2.75) is 0 Å². The Morgan fingerprint density at radius 1 is 0.583 bits per heavy atom. The minimum absolute atomic E-state index is 0.0235. The summed E-state index contributed by atoms with van der Waals surface area (Å²) in [7, 11) is 0. The van der Waals surface area contributed by atoms with Gasteiger partial charge in [0, 0.05) is 29.8 Å². The van der Waals surface area contributed by atoms with E-state index in [0.29, 0.717) is 11.3 Å². The third-order valence-electron chi connectivity index (χ3n) is 5.14. The van der Waals surface area contributed by atoms with Gasteiger partial charge in [-0.1, -0.05) is 54.6 Å². The van der Waals surface area contributed by atoms with Gasteiger partial charge in [-0.15, -0.1) is 0 Å². The fourth-order valence-corrected chi connectivity index (χ4v) is 3.49. The standard InChI is InChI=1S/C15H10O4.C14H12O3/c16-10-6-11(17)15-12(18)8-13(19-14(15)7-10)9-4-2-1-3-5-9;15-12-5-3-10(4-6-12)1-2-11-7-13(16)9-14(17)8-11/h1-8,16-17H;1-9,15-17H/b;2-1+. The summed E-state index contributed by atoms with van der Waals surface area (Å²) in [6.07, 6.45) is 3.60. The maximum absolute atomic E-state index is 12.0. The van der Waals surface area contributed by atoms with Crippen LogP contribution < -0.4 is 5.43 Å². The van der Waals surface area contributed by atoms with Crippen molar-refractivity contribution in [3.05, 3.63) is 112 Å². The van der Waals surface area contributed by atoms with Crippen LogP contribution in [-0.2, 0) is 0 Å². The molecule has 1 heterocycles. The summed E-state index contributed by atoms with van der Waals surface area (Å²) in [5.41, 5.74) is 2.19. The Morgan fingerprint density at radius 2 is 1.19 bits per heavy atom. The number of rotatable bonds is 3. The number of hydrogen-bond donors (Lipinski definition) is 5. The number of phenols is 5. The molecule has 0 aliphatic rings. The van der Waals surface area contributed by atoms with E-state index in [1.807, 2.05) is 36.4 Å². The molecular formula is C29H22O7. The molecule has 0 amide bonds. The van der Waals surface area contributed by atoms with Crippen molar-refractivity contribution < 1.29 is 29.9 Å². The molecule has 180 valence electrons. The molecule has 7 heteroatoms. The zero-order valence-corrected chi connectivity index (χ0v) is 18.9. The first-order valence-corrected chi connectivity index (χ1v) is 10.8. The summed E-state index contributed by atoms with van der Waals surface area (Å²) in [5.74, 6) is 0.215. The number of benzene rings is 4. The molecule has 0 radical (unpaired) electrons. The maximum Gasteiger partial charge on any atom is 0.197 e. The van der Waals surface area contributed by atoms with E-state index in [1.54, 1.807) is 42.5 Å². The molecule has 36 heavy (non-hydrogen) atoms. The summed E-state index contributed by atoms with van der Waals surface area (Å²) >= 11 is 0. The molecule has 5 aromatic rings. The predicted molar refractivity (Wildman–Crippen MR) is 138 cm³/mol. The third-order valence-corrected chi connectivity index (χ3v) is 5.14. The lowest BCUT2D eigenvalue weighted by atomic mass is 10.1. The molecule has 0 unspecified atom stereocenters. The first kappa shape index (κ1) is 24.0. The number of phenolic OH excluding ortho intramolecular Hbond substituents is 5. The normalized spacial score (nSPS) is 10.8. The lowest BCUT2D eigenvalue weighted by Crippen LogP contribution is -2.00. The van der Waals surface area contributed by atoms with E-state index in [-0.39, 0.29) is 45.1 Å². The van der Waals surface area contributed by atoms with Gasteiger partial charge < -0.3 is 29.9 Å². The van der Waals surface area contributed by atoms with Crippen molar-refractivity contribution in [2.75, 3.05) is 0 Å². The molecule has 0 aliphatic heterocycles. The van der Waals surface area contributed by atoms with Gasteiger partial charge in [-0.05, 0) is 35.4 Å². The van der Waals surface area contributed by atoms with Crippen LogP contribution in [0.4, 0.5) is 0 Å². The van der Waals surface area contributed by atoms with E-state index in [0.717, 1.165) is 17.2 Å².